The number of hydrogen-bond acceptors (Lipinski definition) is 7. The molecule has 164 valence electrons. The minimum atomic E-state index is -0.341. The highest BCUT2D eigenvalue weighted by Gasteiger charge is 2.19. The van der Waals surface area contributed by atoms with Crippen LogP contribution < -0.4 is 10.6 Å². The first-order chi connectivity index (χ1) is 15.4. The van der Waals surface area contributed by atoms with Crippen LogP contribution >= 0.6 is 23.1 Å². The van der Waals surface area contributed by atoms with E-state index in [9.17, 15) is 9.59 Å². The average Bonchev–Trinajstić information content (AvgIpc) is 3.34. The minimum Gasteiger partial charge on any atom is -0.342 e. The summed E-state index contributed by atoms with van der Waals surface area (Å²) in [6.07, 6.45) is 0. The second kappa shape index (κ2) is 9.49. The fraction of sp³-hybridized carbons (Fsp3) is 0.227. The van der Waals surface area contributed by atoms with Gasteiger partial charge in [0.1, 0.15) is 0 Å². The molecule has 10 heteroatoms. The number of nitrogens with zero attached hydrogens (tertiary/aromatic N) is 4. The molecule has 4 aromatic rings. The first kappa shape index (κ1) is 22.0. The Morgan fingerprint density at radius 2 is 1.97 bits per heavy atom. The van der Waals surface area contributed by atoms with E-state index in [1.165, 1.54) is 23.1 Å². The lowest BCUT2D eigenvalue weighted by Crippen LogP contribution is -2.28. The van der Waals surface area contributed by atoms with Crippen molar-refractivity contribution in [3.8, 4) is 0 Å². The SMILES string of the molecule is Cc1cccc(C(=O)N[C@H](C)c2nnc(SCC(=O)Nc3nc4ccccc4s3)n2C)c1. The summed E-state index contributed by atoms with van der Waals surface area (Å²) in [4.78, 5) is 29.3. The molecule has 2 N–H and O–H groups in total. The first-order valence-corrected chi connectivity index (χ1v) is 11.8. The van der Waals surface area contributed by atoms with E-state index >= 15 is 0 Å². The van der Waals surface area contributed by atoms with Crippen molar-refractivity contribution in [3.63, 3.8) is 0 Å². The maximum atomic E-state index is 12.5. The molecule has 0 unspecified atom stereocenters. The van der Waals surface area contributed by atoms with Crippen LogP contribution in [0.5, 0.6) is 0 Å². The molecule has 0 saturated carbocycles. The fourth-order valence-electron chi connectivity index (χ4n) is 3.17. The number of thiazole rings is 1. The third-order valence-electron chi connectivity index (χ3n) is 4.76. The molecule has 0 radical (unpaired) electrons. The van der Waals surface area contributed by atoms with Crippen molar-refractivity contribution in [2.75, 3.05) is 11.1 Å². The molecule has 32 heavy (non-hydrogen) atoms. The maximum Gasteiger partial charge on any atom is 0.251 e. The van der Waals surface area contributed by atoms with Crippen LogP contribution in [-0.2, 0) is 11.8 Å². The van der Waals surface area contributed by atoms with Crippen LogP contribution in [0.3, 0.4) is 0 Å². The maximum absolute atomic E-state index is 12.5. The molecule has 0 saturated heterocycles. The Morgan fingerprint density at radius 3 is 2.75 bits per heavy atom. The van der Waals surface area contributed by atoms with Crippen molar-refractivity contribution in [1.82, 2.24) is 25.1 Å². The summed E-state index contributed by atoms with van der Waals surface area (Å²) in [5.41, 5.74) is 2.48. The Hall–Kier alpha value is -3.24. The summed E-state index contributed by atoms with van der Waals surface area (Å²) in [5.74, 6) is 0.444. The monoisotopic (exact) mass is 466 g/mol. The van der Waals surface area contributed by atoms with E-state index in [4.69, 9.17) is 0 Å². The number of para-hydroxylation sites is 1. The van der Waals surface area contributed by atoms with Gasteiger partial charge in [-0.3, -0.25) is 9.59 Å². The number of nitrogens with one attached hydrogen (secondary N) is 2. The third-order valence-corrected chi connectivity index (χ3v) is 6.73. The number of carbonyl (C=O) groups is 2. The third kappa shape index (κ3) is 4.97. The molecule has 0 fully saturated rings. The number of aromatic nitrogens is 4. The zero-order chi connectivity index (χ0) is 22.7. The summed E-state index contributed by atoms with van der Waals surface area (Å²) < 4.78 is 2.81. The van der Waals surface area contributed by atoms with Gasteiger partial charge in [-0.05, 0) is 38.1 Å². The molecule has 2 aromatic carbocycles. The van der Waals surface area contributed by atoms with Gasteiger partial charge in [0.2, 0.25) is 5.91 Å². The molecule has 0 aliphatic carbocycles. The smallest absolute Gasteiger partial charge is 0.251 e. The minimum absolute atomic E-state index is 0.167. The lowest BCUT2D eigenvalue weighted by Gasteiger charge is -2.14. The van der Waals surface area contributed by atoms with E-state index in [1.807, 2.05) is 63.4 Å². The van der Waals surface area contributed by atoms with E-state index in [0.717, 1.165) is 15.8 Å². The molecule has 0 spiro atoms. The van der Waals surface area contributed by atoms with Crippen LogP contribution in [-0.4, -0.2) is 37.3 Å². The fourth-order valence-corrected chi connectivity index (χ4v) is 4.77. The van der Waals surface area contributed by atoms with Crippen LogP contribution in [0.1, 0.15) is 34.7 Å². The Kier molecular flexibility index (Phi) is 6.52. The Balaban J connectivity index is 1.34. The second-order valence-electron chi connectivity index (χ2n) is 7.29. The molecule has 1 atom stereocenters. The van der Waals surface area contributed by atoms with Gasteiger partial charge in [-0.1, -0.05) is 52.9 Å². The van der Waals surface area contributed by atoms with Gasteiger partial charge in [-0.25, -0.2) is 4.98 Å². The lowest BCUT2D eigenvalue weighted by molar-refractivity contribution is -0.113. The van der Waals surface area contributed by atoms with Gasteiger partial charge in [-0.15, -0.1) is 10.2 Å². The Bertz CT molecular complexity index is 1250. The highest BCUT2D eigenvalue weighted by Crippen LogP contribution is 2.26. The molecule has 8 nitrogen and oxygen atoms in total. The number of amides is 2. The Morgan fingerprint density at radius 1 is 1.16 bits per heavy atom. The quantitative estimate of drug-likeness (QED) is 0.400. The van der Waals surface area contributed by atoms with Crippen LogP contribution in [0.25, 0.3) is 10.2 Å². The second-order valence-corrected chi connectivity index (χ2v) is 9.26. The standard InChI is InChI=1S/C22H22N6O2S2/c1-13-7-6-8-15(11-13)20(30)23-14(2)19-26-27-22(28(19)3)31-12-18(29)25-21-24-16-9-4-5-10-17(16)32-21/h4-11,14H,12H2,1-3H3,(H,23,30)(H,24,25,29)/t14-/m1/s1. The molecule has 4 rings (SSSR count). The van der Waals surface area contributed by atoms with E-state index < -0.39 is 0 Å². The predicted molar refractivity (Wildman–Crippen MR) is 127 cm³/mol. The normalized spacial score (nSPS) is 12.0. The van der Waals surface area contributed by atoms with Gasteiger partial charge in [0.05, 0.1) is 22.0 Å². The Labute approximate surface area is 193 Å². The van der Waals surface area contributed by atoms with Crippen LogP contribution in [0.15, 0.2) is 53.7 Å². The molecule has 2 heterocycles. The number of fused-ring (bicyclic) bond motifs is 1. The number of rotatable bonds is 7. The van der Waals surface area contributed by atoms with E-state index in [-0.39, 0.29) is 23.6 Å². The topological polar surface area (TPSA) is 102 Å². The average molecular weight is 467 g/mol. The zero-order valence-electron chi connectivity index (χ0n) is 17.8. The van der Waals surface area contributed by atoms with Crippen LogP contribution in [0.4, 0.5) is 5.13 Å². The van der Waals surface area contributed by atoms with Gasteiger partial charge in [-0.2, -0.15) is 0 Å². The van der Waals surface area contributed by atoms with Crippen molar-refractivity contribution in [2.24, 2.45) is 7.05 Å². The van der Waals surface area contributed by atoms with Crippen molar-refractivity contribution < 1.29 is 9.59 Å². The lowest BCUT2D eigenvalue weighted by atomic mass is 10.1. The zero-order valence-corrected chi connectivity index (χ0v) is 19.5. The first-order valence-electron chi connectivity index (χ1n) is 9.96. The summed E-state index contributed by atoms with van der Waals surface area (Å²) in [6.45, 7) is 3.80. The van der Waals surface area contributed by atoms with Crippen LogP contribution in [0.2, 0.25) is 0 Å². The number of hydrogen-bond donors (Lipinski definition) is 2. The molecule has 0 aliphatic heterocycles. The molecule has 2 amide bonds. The van der Waals surface area contributed by atoms with Crippen molar-refractivity contribution in [3.05, 3.63) is 65.5 Å². The van der Waals surface area contributed by atoms with E-state index in [1.54, 1.807) is 10.6 Å². The largest absolute Gasteiger partial charge is 0.342 e. The van der Waals surface area contributed by atoms with Gasteiger partial charge in [0.25, 0.3) is 5.91 Å². The molecular formula is C22H22N6O2S2. The predicted octanol–water partition coefficient (Wildman–Crippen LogP) is 3.96. The van der Waals surface area contributed by atoms with Gasteiger partial charge >= 0.3 is 0 Å². The molecule has 0 aliphatic rings. The summed E-state index contributed by atoms with van der Waals surface area (Å²) in [7, 11) is 1.82. The molecule has 2 aromatic heterocycles. The van der Waals surface area contributed by atoms with Crippen molar-refractivity contribution in [1.29, 1.82) is 0 Å². The number of carbonyl (C=O) groups excluding carboxylic acids is 2. The number of anilines is 1. The summed E-state index contributed by atoms with van der Waals surface area (Å²) >= 11 is 2.72. The van der Waals surface area contributed by atoms with Crippen molar-refractivity contribution >= 4 is 50.3 Å². The van der Waals surface area contributed by atoms with E-state index in [2.05, 4.69) is 25.8 Å². The number of thioether (sulfide) groups is 1. The number of aryl methyl sites for hydroxylation is 1. The molecular weight excluding hydrogens is 444 g/mol. The highest BCUT2D eigenvalue weighted by molar-refractivity contribution is 7.99. The van der Waals surface area contributed by atoms with E-state index in [0.29, 0.717) is 21.7 Å². The van der Waals surface area contributed by atoms with Crippen LogP contribution in [0, 0.1) is 6.92 Å². The highest BCUT2D eigenvalue weighted by atomic mass is 32.2. The summed E-state index contributed by atoms with van der Waals surface area (Å²) in [6, 6.07) is 14.8. The van der Waals surface area contributed by atoms with Crippen molar-refractivity contribution in [2.45, 2.75) is 25.0 Å². The van der Waals surface area contributed by atoms with Gasteiger partial charge < -0.3 is 15.2 Å². The van der Waals surface area contributed by atoms with Gasteiger partial charge in [0, 0.05) is 12.6 Å². The number of benzene rings is 2. The summed E-state index contributed by atoms with van der Waals surface area (Å²) in [5, 5.41) is 15.3. The van der Waals surface area contributed by atoms with Gasteiger partial charge in [0.15, 0.2) is 16.1 Å². The molecule has 0 bridgehead atoms.